The zero-order valence-corrected chi connectivity index (χ0v) is 15.5. The van der Waals surface area contributed by atoms with Gasteiger partial charge in [0, 0.05) is 5.57 Å². The third-order valence-corrected chi connectivity index (χ3v) is 11.1. The molecule has 0 amide bonds. The number of methoxy groups -OCH3 is 1. The van der Waals surface area contributed by atoms with Crippen LogP contribution in [0, 0.1) is 0 Å². The summed E-state index contributed by atoms with van der Waals surface area (Å²) in [6.07, 6.45) is 10.4. The van der Waals surface area contributed by atoms with Crippen molar-refractivity contribution in [3.05, 3.63) is 96.8 Å². The molecule has 0 heterocycles. The highest BCUT2D eigenvalue weighted by molar-refractivity contribution is 9.44. The van der Waals surface area contributed by atoms with Crippen LogP contribution in [0.15, 0.2) is 96.8 Å². The molecule has 23 heavy (non-hydrogen) atoms. The lowest BCUT2D eigenvalue weighted by molar-refractivity contribution is 0.334. The molecule has 2 aromatic rings. The predicted octanol–water partition coefficient (Wildman–Crippen LogP) is 4.99. The van der Waals surface area contributed by atoms with Gasteiger partial charge in [0.1, 0.15) is 16.3 Å². The Morgan fingerprint density at radius 2 is 1.48 bits per heavy atom. The third kappa shape index (κ3) is 3.20. The van der Waals surface area contributed by atoms with E-state index in [9.17, 15) is 0 Å². The minimum atomic E-state index is -1.81. The molecule has 3 rings (SSSR count). The molecule has 3 heteroatoms. The van der Waals surface area contributed by atoms with Gasteiger partial charge in [-0.15, -0.1) is 0 Å². The van der Waals surface area contributed by atoms with Crippen LogP contribution >= 0.6 is 21.5 Å². The van der Waals surface area contributed by atoms with Gasteiger partial charge < -0.3 is 4.74 Å². The number of hydrogen-bond acceptors (Lipinski definition) is 1. The van der Waals surface area contributed by atoms with Gasteiger partial charge in [-0.3, -0.25) is 0 Å². The standard InChI is InChI=1S/C20H19BrOP/c1-22-16-17-10-8-9-15-20(17)23(21,18-11-4-2-5-12-18)19-13-6-3-7-14-19/h2-16,20H,1H3/q+1. The van der Waals surface area contributed by atoms with Crippen LogP contribution in [0.4, 0.5) is 0 Å². The van der Waals surface area contributed by atoms with Crippen molar-refractivity contribution in [1.82, 2.24) is 0 Å². The van der Waals surface area contributed by atoms with Gasteiger partial charge in [0.05, 0.1) is 13.4 Å². The molecule has 0 aromatic heterocycles. The van der Waals surface area contributed by atoms with Gasteiger partial charge in [-0.2, -0.15) is 0 Å². The molecule has 1 aliphatic carbocycles. The average Bonchev–Trinajstić information content (AvgIpc) is 2.63. The maximum absolute atomic E-state index is 5.33. The number of halogens is 1. The van der Waals surface area contributed by atoms with Crippen LogP contribution in [-0.4, -0.2) is 12.8 Å². The van der Waals surface area contributed by atoms with Crippen molar-refractivity contribution in [2.24, 2.45) is 0 Å². The van der Waals surface area contributed by atoms with Crippen molar-refractivity contribution in [3.63, 3.8) is 0 Å². The second-order valence-corrected chi connectivity index (χ2v) is 11.6. The molecule has 0 radical (unpaired) electrons. The summed E-state index contributed by atoms with van der Waals surface area (Å²) in [6.45, 7) is 0. The SMILES string of the molecule is COC=C1C=CC=CC1[P+](Br)(c1ccccc1)c1ccccc1. The number of hydrogen-bond donors (Lipinski definition) is 0. The highest BCUT2D eigenvalue weighted by Crippen LogP contribution is 2.70. The van der Waals surface area contributed by atoms with E-state index < -0.39 is 5.96 Å². The first-order valence-electron chi connectivity index (χ1n) is 7.54. The Morgan fingerprint density at radius 1 is 0.913 bits per heavy atom. The molecule has 2 aromatic carbocycles. The van der Waals surface area contributed by atoms with Crippen LogP contribution in [0.3, 0.4) is 0 Å². The van der Waals surface area contributed by atoms with Crippen molar-refractivity contribution in [2.75, 3.05) is 7.11 Å². The summed E-state index contributed by atoms with van der Waals surface area (Å²) in [7, 11) is 1.70. The van der Waals surface area contributed by atoms with E-state index in [0.29, 0.717) is 0 Å². The summed E-state index contributed by atoms with van der Waals surface area (Å²) in [4.78, 5) is 0. The fraction of sp³-hybridized carbons (Fsp3) is 0.100. The minimum absolute atomic E-state index is 0.247. The van der Waals surface area contributed by atoms with Gasteiger partial charge in [0.25, 0.3) is 0 Å². The zero-order chi connectivity index (χ0) is 16.1. The van der Waals surface area contributed by atoms with Gasteiger partial charge in [-0.05, 0) is 30.3 Å². The van der Waals surface area contributed by atoms with Crippen LogP contribution in [0.1, 0.15) is 0 Å². The number of rotatable bonds is 4. The molecule has 0 saturated carbocycles. The van der Waals surface area contributed by atoms with E-state index in [0.717, 1.165) is 0 Å². The normalized spacial score (nSPS) is 19.0. The van der Waals surface area contributed by atoms with Gasteiger partial charge in [-0.1, -0.05) is 54.6 Å². The Bertz CT molecular complexity index is 695. The fourth-order valence-corrected chi connectivity index (χ4v) is 8.46. The molecular weight excluding hydrogens is 367 g/mol. The highest BCUT2D eigenvalue weighted by Gasteiger charge is 2.49. The molecule has 1 unspecified atom stereocenters. The van der Waals surface area contributed by atoms with E-state index in [2.05, 4.69) is 100 Å². The monoisotopic (exact) mass is 385 g/mol. The van der Waals surface area contributed by atoms with E-state index >= 15 is 0 Å². The molecular formula is C20H19BrOP+. The Kier molecular flexibility index (Phi) is 5.15. The van der Waals surface area contributed by atoms with Gasteiger partial charge in [0.2, 0.25) is 0 Å². The second-order valence-electron chi connectivity index (χ2n) is 5.35. The quantitative estimate of drug-likeness (QED) is 0.532. The van der Waals surface area contributed by atoms with Crippen molar-refractivity contribution < 1.29 is 4.74 Å². The lowest BCUT2D eigenvalue weighted by Gasteiger charge is -2.28. The number of benzene rings is 2. The van der Waals surface area contributed by atoms with E-state index in [1.54, 1.807) is 7.11 Å². The minimum Gasteiger partial charge on any atom is -0.504 e. The summed E-state index contributed by atoms with van der Waals surface area (Å²) < 4.78 is 5.33. The molecule has 0 saturated heterocycles. The van der Waals surface area contributed by atoms with Gasteiger partial charge in [-0.25, -0.2) is 0 Å². The Morgan fingerprint density at radius 3 is 2.00 bits per heavy atom. The predicted molar refractivity (Wildman–Crippen MR) is 105 cm³/mol. The molecule has 1 nitrogen and oxygen atoms in total. The van der Waals surface area contributed by atoms with Crippen LogP contribution < -0.4 is 10.6 Å². The maximum atomic E-state index is 5.33. The van der Waals surface area contributed by atoms with Crippen molar-refractivity contribution >= 4 is 32.1 Å². The number of ether oxygens (including phenoxy) is 1. The first-order valence-corrected chi connectivity index (χ1v) is 11.4. The lowest BCUT2D eigenvalue weighted by Crippen LogP contribution is -2.28. The fourth-order valence-electron chi connectivity index (χ4n) is 2.88. The average molecular weight is 386 g/mol. The van der Waals surface area contributed by atoms with Crippen LogP contribution in [0.2, 0.25) is 0 Å². The summed E-state index contributed by atoms with van der Waals surface area (Å²) in [5.41, 5.74) is 1.44. The first kappa shape index (κ1) is 16.2. The smallest absolute Gasteiger partial charge is 0.160 e. The lowest BCUT2D eigenvalue weighted by atomic mass is 10.1. The first-order chi connectivity index (χ1) is 11.3. The van der Waals surface area contributed by atoms with Gasteiger partial charge >= 0.3 is 0 Å². The van der Waals surface area contributed by atoms with Crippen LogP contribution in [0.5, 0.6) is 0 Å². The molecule has 0 aliphatic heterocycles. The molecule has 1 atom stereocenters. The summed E-state index contributed by atoms with van der Waals surface area (Å²) in [6, 6.07) is 21.4. The molecule has 1 aliphatic rings. The molecule has 0 spiro atoms. The number of allylic oxidation sites excluding steroid dienone is 5. The van der Waals surface area contributed by atoms with E-state index in [4.69, 9.17) is 4.74 Å². The third-order valence-electron chi connectivity index (χ3n) is 3.94. The Balaban J connectivity index is 2.19. The molecule has 0 N–H and O–H groups in total. The summed E-state index contributed by atoms with van der Waals surface area (Å²) in [5.74, 6) is -1.81. The van der Waals surface area contributed by atoms with E-state index in [1.165, 1.54) is 16.2 Å². The largest absolute Gasteiger partial charge is 0.504 e. The molecule has 0 bridgehead atoms. The van der Waals surface area contributed by atoms with E-state index in [-0.39, 0.29) is 5.66 Å². The van der Waals surface area contributed by atoms with Crippen molar-refractivity contribution in [2.45, 2.75) is 5.66 Å². The van der Waals surface area contributed by atoms with Gasteiger partial charge in [0.15, 0.2) is 21.5 Å². The second kappa shape index (κ2) is 7.29. The molecule has 116 valence electrons. The van der Waals surface area contributed by atoms with E-state index in [1.807, 2.05) is 6.26 Å². The van der Waals surface area contributed by atoms with Crippen molar-refractivity contribution in [1.29, 1.82) is 0 Å². The Labute approximate surface area is 146 Å². The molecule has 0 fully saturated rings. The zero-order valence-electron chi connectivity index (χ0n) is 13.0. The topological polar surface area (TPSA) is 9.23 Å². The summed E-state index contributed by atoms with van der Waals surface area (Å²) in [5, 5.41) is 2.66. The van der Waals surface area contributed by atoms with Crippen molar-refractivity contribution in [3.8, 4) is 0 Å². The van der Waals surface area contributed by atoms with Crippen LogP contribution in [0.25, 0.3) is 0 Å². The Hall–Kier alpha value is -1.63. The highest BCUT2D eigenvalue weighted by atomic mass is 79.9. The van der Waals surface area contributed by atoms with Crippen LogP contribution in [-0.2, 0) is 4.74 Å². The summed E-state index contributed by atoms with van der Waals surface area (Å²) >= 11 is 4.20. The maximum Gasteiger partial charge on any atom is 0.160 e.